The third kappa shape index (κ3) is 3.78. The van der Waals surface area contributed by atoms with Crippen LogP contribution in [0.2, 0.25) is 0 Å². The average molecular weight is 318 g/mol. The first-order chi connectivity index (χ1) is 11.1. The van der Waals surface area contributed by atoms with Gasteiger partial charge in [0.15, 0.2) is 11.9 Å². The van der Waals surface area contributed by atoms with Crippen molar-refractivity contribution in [3.63, 3.8) is 0 Å². The van der Waals surface area contributed by atoms with Crippen molar-refractivity contribution in [3.05, 3.63) is 24.3 Å². The van der Waals surface area contributed by atoms with Gasteiger partial charge in [0, 0.05) is 12.5 Å². The summed E-state index contributed by atoms with van der Waals surface area (Å²) >= 11 is 0. The number of carbonyl (C=O) groups excluding carboxylic acids is 2. The molecule has 8 nitrogen and oxygen atoms in total. The van der Waals surface area contributed by atoms with Gasteiger partial charge in [0.2, 0.25) is 5.91 Å². The van der Waals surface area contributed by atoms with E-state index in [1.54, 1.807) is 6.92 Å². The largest absolute Gasteiger partial charge is 0.466 e. The molecule has 1 saturated heterocycles. The van der Waals surface area contributed by atoms with Gasteiger partial charge in [-0.3, -0.25) is 14.9 Å². The van der Waals surface area contributed by atoms with Crippen LogP contribution in [0.1, 0.15) is 19.8 Å². The molecule has 3 N–H and O–H groups in total. The second kappa shape index (κ2) is 6.66. The summed E-state index contributed by atoms with van der Waals surface area (Å²) in [4.78, 5) is 27.6. The van der Waals surface area contributed by atoms with Gasteiger partial charge in [-0.05, 0) is 19.1 Å². The molecule has 0 bridgehead atoms. The molecule has 0 aliphatic carbocycles. The maximum atomic E-state index is 11.8. The summed E-state index contributed by atoms with van der Waals surface area (Å²) in [5.41, 5.74) is 1.38. The number of anilines is 1. The highest BCUT2D eigenvalue weighted by Gasteiger charge is 2.28. The third-order valence-corrected chi connectivity index (χ3v) is 3.42. The molecule has 23 heavy (non-hydrogen) atoms. The Morgan fingerprint density at radius 2 is 2.30 bits per heavy atom. The van der Waals surface area contributed by atoms with Gasteiger partial charge in [0.05, 0.1) is 13.0 Å². The highest BCUT2D eigenvalue weighted by molar-refractivity contribution is 5.80. The lowest BCUT2D eigenvalue weighted by molar-refractivity contribution is -0.144. The number of ether oxygens (including phenoxy) is 1. The van der Waals surface area contributed by atoms with Gasteiger partial charge in [0.1, 0.15) is 5.52 Å². The molecule has 2 atom stereocenters. The minimum Gasteiger partial charge on any atom is -0.466 e. The van der Waals surface area contributed by atoms with Crippen LogP contribution in [0.15, 0.2) is 28.7 Å². The molecule has 2 aromatic rings. The van der Waals surface area contributed by atoms with Crippen LogP contribution in [-0.4, -0.2) is 35.8 Å². The van der Waals surface area contributed by atoms with Crippen LogP contribution in [0.25, 0.3) is 11.1 Å². The number of hydrogen-bond acceptors (Lipinski definition) is 7. The maximum Gasteiger partial charge on any atom is 0.307 e. The zero-order chi connectivity index (χ0) is 16.2. The first kappa shape index (κ1) is 15.3. The Balaban J connectivity index is 1.64. The second-order valence-corrected chi connectivity index (χ2v) is 5.21. The van der Waals surface area contributed by atoms with Gasteiger partial charge < -0.3 is 19.8 Å². The van der Waals surface area contributed by atoms with E-state index >= 15 is 0 Å². The number of amides is 1. The summed E-state index contributed by atoms with van der Waals surface area (Å²) in [7, 11) is 0. The Morgan fingerprint density at radius 1 is 1.48 bits per heavy atom. The van der Waals surface area contributed by atoms with Crippen LogP contribution in [-0.2, 0) is 14.3 Å². The van der Waals surface area contributed by atoms with E-state index < -0.39 is 6.29 Å². The Hall–Kier alpha value is -2.61. The highest BCUT2D eigenvalue weighted by Crippen LogP contribution is 2.18. The molecule has 1 aliphatic heterocycles. The van der Waals surface area contributed by atoms with Gasteiger partial charge in [-0.1, -0.05) is 12.1 Å². The van der Waals surface area contributed by atoms with Gasteiger partial charge >= 0.3 is 5.97 Å². The molecule has 8 heteroatoms. The monoisotopic (exact) mass is 318 g/mol. The van der Waals surface area contributed by atoms with Crippen LogP contribution in [0.4, 0.5) is 6.01 Å². The number of hydrogen-bond donors (Lipinski definition) is 3. The summed E-state index contributed by atoms with van der Waals surface area (Å²) in [6.45, 7) is 2.07. The number of nitrogens with one attached hydrogen (secondary N) is 3. The van der Waals surface area contributed by atoms with Crippen molar-refractivity contribution in [3.8, 4) is 0 Å². The molecule has 2 unspecified atom stereocenters. The fourth-order valence-corrected chi connectivity index (χ4v) is 2.47. The van der Waals surface area contributed by atoms with E-state index in [0.717, 1.165) is 5.52 Å². The summed E-state index contributed by atoms with van der Waals surface area (Å²) < 4.78 is 10.5. The molecule has 1 fully saturated rings. The first-order valence-electron chi connectivity index (χ1n) is 7.47. The topological polar surface area (TPSA) is 105 Å². The molecular weight excluding hydrogens is 300 g/mol. The minimum atomic E-state index is -0.566. The number of nitrogens with zero attached hydrogens (tertiary/aromatic N) is 1. The van der Waals surface area contributed by atoms with Gasteiger partial charge in [-0.15, -0.1) is 0 Å². The van der Waals surface area contributed by atoms with Crippen LogP contribution in [0.5, 0.6) is 0 Å². The fourth-order valence-electron chi connectivity index (χ4n) is 2.47. The van der Waals surface area contributed by atoms with Crippen molar-refractivity contribution in [1.29, 1.82) is 0 Å². The molecule has 3 rings (SSSR count). The molecule has 1 amide bonds. The van der Waals surface area contributed by atoms with E-state index in [1.807, 2.05) is 24.3 Å². The number of aromatic nitrogens is 1. The minimum absolute atomic E-state index is 0.132. The van der Waals surface area contributed by atoms with E-state index in [0.29, 0.717) is 18.2 Å². The molecule has 1 aromatic heterocycles. The third-order valence-electron chi connectivity index (χ3n) is 3.42. The first-order valence-corrected chi connectivity index (χ1v) is 7.47. The molecule has 0 saturated carbocycles. The van der Waals surface area contributed by atoms with Crippen LogP contribution in [0, 0.1) is 0 Å². The van der Waals surface area contributed by atoms with E-state index in [2.05, 4.69) is 20.9 Å². The summed E-state index contributed by atoms with van der Waals surface area (Å²) in [6, 6.07) is 7.35. The Kier molecular flexibility index (Phi) is 4.42. The van der Waals surface area contributed by atoms with Gasteiger partial charge in [-0.25, -0.2) is 0 Å². The predicted octanol–water partition coefficient (Wildman–Crippen LogP) is 0.955. The molecule has 0 radical (unpaired) electrons. The predicted molar refractivity (Wildman–Crippen MR) is 82.4 cm³/mol. The number of fused-ring (bicyclic) bond motifs is 1. The van der Waals surface area contributed by atoms with Gasteiger partial charge in [0.25, 0.3) is 6.01 Å². The number of rotatable bonds is 5. The molecule has 1 aliphatic rings. The van der Waals surface area contributed by atoms with Crippen molar-refractivity contribution < 1.29 is 18.7 Å². The van der Waals surface area contributed by atoms with Crippen molar-refractivity contribution in [1.82, 2.24) is 15.6 Å². The lowest BCUT2D eigenvalue weighted by Crippen LogP contribution is -2.60. The summed E-state index contributed by atoms with van der Waals surface area (Å²) in [5.74, 6) is -0.494. The molecule has 2 heterocycles. The average Bonchev–Trinajstić information content (AvgIpc) is 2.88. The van der Waals surface area contributed by atoms with E-state index in [9.17, 15) is 9.59 Å². The standard InChI is InChI=1S/C15H18N4O4/c1-2-22-13(21)8-9-7-12(20)18-14(16-9)19-15-17-10-5-3-4-6-11(10)23-15/h3-6,9,14,16H,2,7-8H2,1H3,(H,17,19)(H,18,20). The Bertz CT molecular complexity index is 681. The lowest BCUT2D eigenvalue weighted by Gasteiger charge is -2.30. The van der Waals surface area contributed by atoms with Gasteiger partial charge in [-0.2, -0.15) is 4.98 Å². The van der Waals surface area contributed by atoms with Crippen molar-refractivity contribution in [2.45, 2.75) is 32.1 Å². The quantitative estimate of drug-likeness (QED) is 0.705. The molecular formula is C15H18N4O4. The van der Waals surface area contributed by atoms with Crippen molar-refractivity contribution >= 4 is 29.0 Å². The zero-order valence-corrected chi connectivity index (χ0v) is 12.7. The number of benzene rings is 1. The van der Waals surface area contributed by atoms with Crippen LogP contribution in [0.3, 0.4) is 0 Å². The smallest absolute Gasteiger partial charge is 0.307 e. The number of carbonyl (C=O) groups is 2. The molecule has 122 valence electrons. The number of esters is 1. The summed E-state index contributed by atoms with van der Waals surface area (Å²) in [5, 5.41) is 8.82. The van der Waals surface area contributed by atoms with E-state index in [1.165, 1.54) is 0 Å². The SMILES string of the molecule is CCOC(=O)CC1CC(=O)NC(Nc2nc3ccccc3o2)N1. The number of oxazole rings is 1. The maximum absolute atomic E-state index is 11.8. The van der Waals surface area contributed by atoms with E-state index in [4.69, 9.17) is 9.15 Å². The molecule has 0 spiro atoms. The van der Waals surface area contributed by atoms with Crippen molar-refractivity contribution in [2.24, 2.45) is 0 Å². The van der Waals surface area contributed by atoms with E-state index in [-0.39, 0.29) is 30.8 Å². The fraction of sp³-hybridized carbons (Fsp3) is 0.400. The van der Waals surface area contributed by atoms with Crippen LogP contribution < -0.4 is 16.0 Å². The highest BCUT2D eigenvalue weighted by atomic mass is 16.5. The van der Waals surface area contributed by atoms with Crippen LogP contribution >= 0.6 is 0 Å². The second-order valence-electron chi connectivity index (χ2n) is 5.21. The molecule has 1 aromatic carbocycles. The Labute approximate surface area is 132 Å². The Morgan fingerprint density at radius 3 is 3.09 bits per heavy atom. The normalized spacial score (nSPS) is 21.0. The summed E-state index contributed by atoms with van der Waals surface area (Å²) in [6.07, 6.45) is -0.221. The number of para-hydroxylation sites is 2. The lowest BCUT2D eigenvalue weighted by atomic mass is 10.1. The van der Waals surface area contributed by atoms with Crippen molar-refractivity contribution in [2.75, 3.05) is 11.9 Å². The zero-order valence-electron chi connectivity index (χ0n) is 12.7.